The smallest absolute Gasteiger partial charge is 0.411 e. The zero-order chi connectivity index (χ0) is 29.5. The summed E-state index contributed by atoms with van der Waals surface area (Å²) in [4.78, 5) is 46.8. The number of ether oxygens (including phenoxy) is 2. The average Bonchev–Trinajstić information content (AvgIpc) is 3.80. The van der Waals surface area contributed by atoms with Gasteiger partial charge < -0.3 is 14.4 Å². The number of aromatic nitrogens is 1. The second kappa shape index (κ2) is 10.9. The fraction of sp³-hybridized carbons (Fsp3) is 0.500. The van der Waals surface area contributed by atoms with E-state index in [2.05, 4.69) is 4.98 Å². The van der Waals surface area contributed by atoms with Crippen LogP contribution in [0.15, 0.2) is 41.4 Å². The molecule has 1 saturated carbocycles. The minimum Gasteiger partial charge on any atom is -0.472 e. The molecule has 0 spiro atoms. The van der Waals surface area contributed by atoms with Gasteiger partial charge in [-0.15, -0.1) is 0 Å². The molecule has 3 amide bonds. The van der Waals surface area contributed by atoms with E-state index in [1.807, 2.05) is 4.72 Å². The van der Waals surface area contributed by atoms with E-state index in [1.54, 1.807) is 44.0 Å². The van der Waals surface area contributed by atoms with E-state index >= 15 is 0 Å². The summed E-state index contributed by atoms with van der Waals surface area (Å²) in [6.45, 7) is 5.20. The van der Waals surface area contributed by atoms with Gasteiger partial charge in [0.2, 0.25) is 17.7 Å². The van der Waals surface area contributed by atoms with Crippen molar-refractivity contribution in [2.24, 2.45) is 0 Å². The number of rotatable bonds is 9. The van der Waals surface area contributed by atoms with Crippen molar-refractivity contribution >= 4 is 38.7 Å². The molecule has 1 aliphatic heterocycles. The van der Waals surface area contributed by atoms with Crippen LogP contribution in [0, 0.1) is 5.82 Å². The van der Waals surface area contributed by atoms with Gasteiger partial charge in [-0.3, -0.25) is 14.5 Å². The Hall–Kier alpha value is -3.74. The number of allylic oxidation sites excluding steroid dienone is 2. The first-order valence-corrected chi connectivity index (χ1v) is 15.0. The van der Waals surface area contributed by atoms with Gasteiger partial charge in [0.25, 0.3) is 10.0 Å². The maximum Gasteiger partial charge on any atom is 0.411 e. The number of sulfonamides is 1. The minimum atomic E-state index is -3.82. The third kappa shape index (κ3) is 6.95. The van der Waals surface area contributed by atoms with Crippen LogP contribution in [-0.4, -0.2) is 78.0 Å². The van der Waals surface area contributed by atoms with Crippen molar-refractivity contribution in [3.05, 3.63) is 47.3 Å². The molecule has 1 saturated heterocycles. The lowest BCUT2D eigenvalue weighted by Crippen LogP contribution is -2.50. The van der Waals surface area contributed by atoms with Crippen LogP contribution < -0.4 is 9.46 Å². The van der Waals surface area contributed by atoms with E-state index in [1.165, 1.54) is 23.1 Å². The van der Waals surface area contributed by atoms with E-state index in [9.17, 15) is 27.2 Å². The summed E-state index contributed by atoms with van der Waals surface area (Å²) in [6, 6.07) is 4.95. The predicted octanol–water partition coefficient (Wildman–Crippen LogP) is 3.25. The fourth-order valence-corrected chi connectivity index (χ4v) is 5.86. The second-order valence-corrected chi connectivity index (χ2v) is 13.3. The van der Waals surface area contributed by atoms with E-state index in [4.69, 9.17) is 9.47 Å². The molecule has 11 nitrogen and oxygen atoms in total. The quantitative estimate of drug-likeness (QED) is 0.472. The third-order valence-electron chi connectivity index (χ3n) is 6.96. The number of amides is 3. The number of likely N-dealkylation sites (tertiary alicyclic amines) is 1. The van der Waals surface area contributed by atoms with Crippen molar-refractivity contribution in [1.29, 1.82) is 0 Å². The average molecular weight is 589 g/mol. The minimum absolute atomic E-state index is 0.00175. The monoisotopic (exact) mass is 588 g/mol. The number of nitrogens with zero attached hydrogens (tertiary/aromatic N) is 3. The standard InChI is InChI=1S/C28H33FN4O7S/c1-28(2,3)40-27(36)33-16-20(39-25-22-14-18(29)5-4-17(22)10-12-30-25)15-23(33)26(35)32(19-6-7-19)13-11-24(34)31-41(37,38)21-8-9-21/h4-5,8,10,12,14,19-20,23H,6-7,9,11,13,15-16H2,1-3H3,(H,31,34). The maximum atomic E-state index is 14.0. The molecule has 220 valence electrons. The summed E-state index contributed by atoms with van der Waals surface area (Å²) in [5.41, 5.74) is -0.810. The van der Waals surface area contributed by atoms with E-state index in [-0.39, 0.29) is 48.7 Å². The maximum absolute atomic E-state index is 14.0. The number of hydrogen-bond donors (Lipinski definition) is 1. The molecule has 3 aliphatic rings. The Labute approximate surface area is 237 Å². The highest BCUT2D eigenvalue weighted by Crippen LogP contribution is 2.33. The molecule has 2 aromatic rings. The van der Waals surface area contributed by atoms with Crippen LogP contribution in [0.2, 0.25) is 0 Å². The molecule has 0 bridgehead atoms. The van der Waals surface area contributed by atoms with Gasteiger partial charge in [-0.1, -0.05) is 12.1 Å². The van der Waals surface area contributed by atoms with E-state index in [0.717, 1.165) is 18.2 Å². The lowest BCUT2D eigenvalue weighted by molar-refractivity contribution is -0.137. The molecular formula is C28H33FN4O7S. The zero-order valence-electron chi connectivity index (χ0n) is 23.1. The number of hydrogen-bond acceptors (Lipinski definition) is 8. The highest BCUT2D eigenvalue weighted by atomic mass is 32.2. The highest BCUT2D eigenvalue weighted by Gasteiger charge is 2.46. The molecule has 1 aromatic carbocycles. The summed E-state index contributed by atoms with van der Waals surface area (Å²) in [6.07, 6.45) is 3.44. The van der Waals surface area contributed by atoms with E-state index in [0.29, 0.717) is 11.8 Å². The normalized spacial score (nSPS) is 20.4. The molecule has 0 radical (unpaired) electrons. The summed E-state index contributed by atoms with van der Waals surface area (Å²) in [7, 11) is -3.82. The second-order valence-electron chi connectivity index (χ2n) is 11.5. The van der Waals surface area contributed by atoms with Gasteiger partial charge in [0.05, 0.1) is 11.4 Å². The highest BCUT2D eigenvalue weighted by molar-refractivity contribution is 7.94. The van der Waals surface area contributed by atoms with Crippen molar-refractivity contribution in [1.82, 2.24) is 19.5 Å². The van der Waals surface area contributed by atoms with Crippen molar-refractivity contribution in [3.63, 3.8) is 0 Å². The summed E-state index contributed by atoms with van der Waals surface area (Å²) >= 11 is 0. The van der Waals surface area contributed by atoms with Crippen LogP contribution in [0.25, 0.3) is 10.8 Å². The van der Waals surface area contributed by atoms with Crippen molar-refractivity contribution in [2.75, 3.05) is 13.1 Å². The lowest BCUT2D eigenvalue weighted by atomic mass is 10.1. The first kappa shape index (κ1) is 28.8. The largest absolute Gasteiger partial charge is 0.472 e. The molecule has 2 unspecified atom stereocenters. The van der Waals surface area contributed by atoms with Gasteiger partial charge in [-0.25, -0.2) is 27.3 Å². The van der Waals surface area contributed by atoms with Crippen LogP contribution in [-0.2, 0) is 24.3 Å². The van der Waals surface area contributed by atoms with Gasteiger partial charge in [0.15, 0.2) is 0 Å². The van der Waals surface area contributed by atoms with Gasteiger partial charge in [0, 0.05) is 43.4 Å². The Morgan fingerprint density at radius 1 is 1.20 bits per heavy atom. The van der Waals surface area contributed by atoms with Crippen LogP contribution in [0.3, 0.4) is 0 Å². The topological polar surface area (TPSA) is 135 Å². The van der Waals surface area contributed by atoms with Crippen LogP contribution >= 0.6 is 0 Å². The number of benzene rings is 1. The molecule has 2 heterocycles. The molecule has 2 atom stereocenters. The summed E-state index contributed by atoms with van der Waals surface area (Å²) < 4.78 is 51.9. The Balaban J connectivity index is 1.33. The number of halogens is 1. The number of pyridine rings is 1. The molecule has 13 heteroatoms. The summed E-state index contributed by atoms with van der Waals surface area (Å²) in [5, 5.41) is 1.19. The van der Waals surface area contributed by atoms with Crippen molar-refractivity contribution < 1.29 is 36.7 Å². The first-order valence-electron chi connectivity index (χ1n) is 13.6. The predicted molar refractivity (Wildman–Crippen MR) is 147 cm³/mol. The van der Waals surface area contributed by atoms with Crippen LogP contribution in [0.1, 0.15) is 52.9 Å². The Kier molecular flexibility index (Phi) is 7.66. The van der Waals surface area contributed by atoms with Gasteiger partial charge >= 0.3 is 6.09 Å². The zero-order valence-corrected chi connectivity index (χ0v) is 23.9. The molecule has 2 fully saturated rings. The molecule has 1 N–H and O–H groups in total. The Morgan fingerprint density at radius 3 is 2.59 bits per heavy atom. The number of nitrogens with one attached hydrogen (secondary N) is 1. The molecule has 1 aromatic heterocycles. The molecular weight excluding hydrogens is 555 g/mol. The summed E-state index contributed by atoms with van der Waals surface area (Å²) in [5.74, 6) is -1.34. The SMILES string of the molecule is CC(C)(C)OC(=O)N1CC(Oc2nccc3ccc(F)cc23)CC1C(=O)N(CCC(=O)NS(=O)(=O)C1=CC1)C1CC1. The van der Waals surface area contributed by atoms with E-state index < -0.39 is 45.6 Å². The number of carbonyl (C=O) groups excluding carboxylic acids is 3. The number of carbonyl (C=O) groups is 3. The van der Waals surface area contributed by atoms with Gasteiger partial charge in [0.1, 0.15) is 23.6 Å². The number of fused-ring (bicyclic) bond motifs is 1. The van der Waals surface area contributed by atoms with Crippen molar-refractivity contribution in [2.45, 2.75) is 76.7 Å². The molecule has 41 heavy (non-hydrogen) atoms. The third-order valence-corrected chi connectivity index (χ3v) is 8.48. The Morgan fingerprint density at radius 2 is 1.93 bits per heavy atom. The molecule has 5 rings (SSSR count). The Bertz CT molecular complexity index is 1520. The lowest BCUT2D eigenvalue weighted by Gasteiger charge is -2.31. The van der Waals surface area contributed by atoms with Crippen molar-refractivity contribution in [3.8, 4) is 5.88 Å². The fourth-order valence-electron chi connectivity index (χ4n) is 4.80. The van der Waals surface area contributed by atoms with Crippen LogP contribution in [0.4, 0.5) is 9.18 Å². The van der Waals surface area contributed by atoms with Gasteiger partial charge in [-0.05, 0) is 57.2 Å². The first-order chi connectivity index (χ1) is 19.3. The van der Waals surface area contributed by atoms with Gasteiger partial charge in [-0.2, -0.15) is 0 Å². The molecule has 2 aliphatic carbocycles. The van der Waals surface area contributed by atoms with Crippen LogP contribution in [0.5, 0.6) is 5.88 Å².